The van der Waals surface area contributed by atoms with E-state index in [4.69, 9.17) is 0 Å². The second-order valence-electron chi connectivity index (χ2n) is 6.45. The first kappa shape index (κ1) is 19.3. The van der Waals surface area contributed by atoms with Gasteiger partial charge in [-0.3, -0.25) is 9.59 Å². The van der Waals surface area contributed by atoms with E-state index in [0.717, 1.165) is 0 Å². The number of rotatable bonds is 5. The summed E-state index contributed by atoms with van der Waals surface area (Å²) < 4.78 is 13.9. The van der Waals surface area contributed by atoms with Crippen LogP contribution in [0.25, 0.3) is 0 Å². The van der Waals surface area contributed by atoms with Crippen LogP contribution in [0, 0.1) is 5.82 Å². The summed E-state index contributed by atoms with van der Waals surface area (Å²) in [5.74, 6) is -2.14. The summed E-state index contributed by atoms with van der Waals surface area (Å²) in [6.45, 7) is 0.359. The molecule has 0 radical (unpaired) electrons. The first-order valence-corrected chi connectivity index (χ1v) is 8.82. The number of nitrogens with one attached hydrogen (secondary N) is 1. The summed E-state index contributed by atoms with van der Waals surface area (Å²) in [6, 6.07) is 13.1. The molecule has 28 heavy (non-hydrogen) atoms. The number of carboxylic acids is 1. The van der Waals surface area contributed by atoms with E-state index in [2.05, 4.69) is 5.32 Å². The van der Waals surface area contributed by atoms with E-state index in [1.165, 1.54) is 15.9 Å². The van der Waals surface area contributed by atoms with Crippen molar-refractivity contribution in [1.29, 1.82) is 0 Å². The highest BCUT2D eigenvalue weighted by atomic mass is 19.1. The lowest BCUT2D eigenvalue weighted by Gasteiger charge is -2.40. The Balaban J connectivity index is 1.76. The highest BCUT2D eigenvalue weighted by Gasteiger charge is 2.39. The number of halogens is 1. The number of hydrogen-bond acceptors (Lipinski definition) is 3. The second kappa shape index (κ2) is 8.51. The van der Waals surface area contributed by atoms with Crippen molar-refractivity contribution in [3.05, 3.63) is 66.0 Å². The lowest BCUT2D eigenvalue weighted by molar-refractivity contribution is -0.148. The number of hydrogen-bond donors (Lipinski definition) is 2. The molecule has 8 heteroatoms. The topological polar surface area (TPSA) is 90.0 Å². The second-order valence-corrected chi connectivity index (χ2v) is 6.45. The molecule has 0 spiro atoms. The number of anilines is 1. The maximum Gasteiger partial charge on any atom is 0.322 e. The zero-order chi connectivity index (χ0) is 20.1. The van der Waals surface area contributed by atoms with Crippen LogP contribution in [0.4, 0.5) is 14.9 Å². The lowest BCUT2D eigenvalue weighted by Crippen LogP contribution is -2.59. The van der Waals surface area contributed by atoms with Gasteiger partial charge in [-0.25, -0.2) is 9.18 Å². The van der Waals surface area contributed by atoms with Gasteiger partial charge in [0, 0.05) is 30.9 Å². The van der Waals surface area contributed by atoms with Gasteiger partial charge in [-0.1, -0.05) is 36.4 Å². The van der Waals surface area contributed by atoms with Gasteiger partial charge in [0.25, 0.3) is 0 Å². The summed E-state index contributed by atoms with van der Waals surface area (Å²) in [4.78, 5) is 39.4. The number of carbonyl (C=O) groups is 3. The highest BCUT2D eigenvalue weighted by molar-refractivity contribution is 5.96. The normalized spacial score (nSPS) is 16.8. The SMILES string of the molecule is O=C(O)CC1C(=O)N(Cc2ccccc2F)CCN1C(=O)Nc1ccccc1. The number of aliphatic carboxylic acids is 1. The number of amides is 3. The molecule has 1 aliphatic heterocycles. The number of urea groups is 1. The number of benzene rings is 2. The Morgan fingerprint density at radius 1 is 1.07 bits per heavy atom. The molecule has 1 fully saturated rings. The van der Waals surface area contributed by atoms with Crippen molar-refractivity contribution < 1.29 is 23.9 Å². The molecule has 0 aromatic heterocycles. The maximum absolute atomic E-state index is 13.9. The van der Waals surface area contributed by atoms with Gasteiger partial charge >= 0.3 is 12.0 Å². The van der Waals surface area contributed by atoms with Crippen molar-refractivity contribution in [2.45, 2.75) is 19.0 Å². The van der Waals surface area contributed by atoms with Crippen molar-refractivity contribution in [2.75, 3.05) is 18.4 Å². The van der Waals surface area contributed by atoms with E-state index < -0.39 is 36.2 Å². The molecule has 146 valence electrons. The van der Waals surface area contributed by atoms with Gasteiger partial charge < -0.3 is 20.2 Å². The Kier molecular flexibility index (Phi) is 5.88. The quantitative estimate of drug-likeness (QED) is 0.828. The molecule has 1 unspecified atom stereocenters. The third-order valence-electron chi connectivity index (χ3n) is 4.56. The van der Waals surface area contributed by atoms with Crippen molar-refractivity contribution in [2.24, 2.45) is 0 Å². The Hall–Kier alpha value is -3.42. The van der Waals surface area contributed by atoms with Crippen molar-refractivity contribution in [3.63, 3.8) is 0 Å². The van der Waals surface area contributed by atoms with Gasteiger partial charge in [0.15, 0.2) is 0 Å². The van der Waals surface area contributed by atoms with E-state index in [1.54, 1.807) is 48.5 Å². The van der Waals surface area contributed by atoms with E-state index in [0.29, 0.717) is 11.3 Å². The fourth-order valence-corrected chi connectivity index (χ4v) is 3.15. The average Bonchev–Trinajstić information content (AvgIpc) is 2.67. The largest absolute Gasteiger partial charge is 0.481 e. The molecule has 3 amide bonds. The van der Waals surface area contributed by atoms with Crippen molar-refractivity contribution in [3.8, 4) is 0 Å². The number of carboxylic acid groups (broad SMARTS) is 1. The van der Waals surface area contributed by atoms with Crippen LogP contribution < -0.4 is 5.32 Å². The molecule has 2 aromatic carbocycles. The van der Waals surface area contributed by atoms with Crippen LogP contribution in [-0.2, 0) is 16.1 Å². The summed E-state index contributed by atoms with van der Waals surface area (Å²) in [5, 5.41) is 11.9. The van der Waals surface area contributed by atoms with Crippen LogP contribution in [0.3, 0.4) is 0 Å². The Morgan fingerprint density at radius 3 is 2.43 bits per heavy atom. The Morgan fingerprint density at radius 2 is 1.75 bits per heavy atom. The van der Waals surface area contributed by atoms with Crippen LogP contribution >= 0.6 is 0 Å². The highest BCUT2D eigenvalue weighted by Crippen LogP contribution is 2.20. The molecule has 2 N–H and O–H groups in total. The minimum absolute atomic E-state index is 0.0236. The van der Waals surface area contributed by atoms with Gasteiger partial charge in [0.2, 0.25) is 5.91 Å². The number of para-hydroxylation sites is 1. The molecule has 0 aliphatic carbocycles. The van der Waals surface area contributed by atoms with Crippen LogP contribution in [0.2, 0.25) is 0 Å². The average molecular weight is 385 g/mol. The van der Waals surface area contributed by atoms with Crippen LogP contribution in [0.15, 0.2) is 54.6 Å². The zero-order valence-corrected chi connectivity index (χ0v) is 15.0. The van der Waals surface area contributed by atoms with Crippen LogP contribution in [0.5, 0.6) is 0 Å². The first-order valence-electron chi connectivity index (χ1n) is 8.82. The summed E-state index contributed by atoms with van der Waals surface area (Å²) in [5.41, 5.74) is 0.884. The predicted molar refractivity (Wildman–Crippen MR) is 100 cm³/mol. The van der Waals surface area contributed by atoms with Gasteiger partial charge in [-0.15, -0.1) is 0 Å². The molecule has 0 saturated carbocycles. The third-order valence-corrected chi connectivity index (χ3v) is 4.56. The minimum atomic E-state index is -1.19. The van der Waals surface area contributed by atoms with Gasteiger partial charge in [0.1, 0.15) is 11.9 Å². The Bertz CT molecular complexity index is 875. The molecule has 0 bridgehead atoms. The minimum Gasteiger partial charge on any atom is -0.481 e. The third kappa shape index (κ3) is 4.46. The molecular weight excluding hydrogens is 365 g/mol. The van der Waals surface area contributed by atoms with E-state index >= 15 is 0 Å². The fourth-order valence-electron chi connectivity index (χ4n) is 3.15. The first-order chi connectivity index (χ1) is 13.5. The molecule has 1 aliphatic rings. The monoisotopic (exact) mass is 385 g/mol. The van der Waals surface area contributed by atoms with Crippen molar-refractivity contribution >= 4 is 23.6 Å². The van der Waals surface area contributed by atoms with Gasteiger partial charge in [0.05, 0.1) is 6.42 Å². The predicted octanol–water partition coefficient (Wildman–Crippen LogP) is 2.55. The number of piperazine rings is 1. The fraction of sp³-hybridized carbons (Fsp3) is 0.250. The molecule has 3 rings (SSSR count). The smallest absolute Gasteiger partial charge is 0.322 e. The van der Waals surface area contributed by atoms with Crippen LogP contribution in [-0.4, -0.2) is 51.9 Å². The molecule has 7 nitrogen and oxygen atoms in total. The van der Waals surface area contributed by atoms with Gasteiger partial charge in [-0.05, 0) is 18.2 Å². The zero-order valence-electron chi connectivity index (χ0n) is 15.0. The Labute approximate surface area is 161 Å². The number of nitrogens with zero attached hydrogens (tertiary/aromatic N) is 2. The van der Waals surface area contributed by atoms with E-state index in [1.807, 2.05) is 0 Å². The van der Waals surface area contributed by atoms with Crippen molar-refractivity contribution in [1.82, 2.24) is 9.80 Å². The molecule has 1 heterocycles. The summed E-state index contributed by atoms with van der Waals surface area (Å²) in [6.07, 6.45) is -0.519. The lowest BCUT2D eigenvalue weighted by atomic mass is 10.1. The van der Waals surface area contributed by atoms with Gasteiger partial charge in [-0.2, -0.15) is 0 Å². The van der Waals surface area contributed by atoms with Crippen LogP contribution in [0.1, 0.15) is 12.0 Å². The molecule has 1 saturated heterocycles. The summed E-state index contributed by atoms with van der Waals surface area (Å²) in [7, 11) is 0. The van der Waals surface area contributed by atoms with E-state index in [9.17, 15) is 23.9 Å². The molecule has 1 atom stereocenters. The van der Waals surface area contributed by atoms with E-state index in [-0.39, 0.29) is 19.6 Å². The molecule has 2 aromatic rings. The summed E-state index contributed by atoms with van der Waals surface area (Å²) >= 11 is 0. The standard InChI is InChI=1S/C20H20FN3O4/c21-16-9-5-4-6-14(16)13-23-10-11-24(17(19(23)27)12-18(25)26)20(28)22-15-7-2-1-3-8-15/h1-9,17H,10-13H2,(H,22,28)(H,25,26). The molecular formula is C20H20FN3O4. The number of carbonyl (C=O) groups excluding carboxylic acids is 2. The maximum atomic E-state index is 13.9.